The molecule has 0 aliphatic carbocycles. The molecule has 114 valence electrons. The molecule has 0 bridgehead atoms. The minimum atomic E-state index is -0.146. The van der Waals surface area contributed by atoms with E-state index in [1.54, 1.807) is 12.1 Å². The Labute approximate surface area is 129 Å². The molecular weight excluding hydrogens is 280 g/mol. The number of rotatable bonds is 5. The minimum absolute atomic E-state index is 0.0604. The summed E-state index contributed by atoms with van der Waals surface area (Å²) in [5, 5.41) is 2.87. The molecule has 1 aromatic carbocycles. The zero-order valence-electron chi connectivity index (χ0n) is 12.2. The van der Waals surface area contributed by atoms with E-state index in [2.05, 4.69) is 10.3 Å². The summed E-state index contributed by atoms with van der Waals surface area (Å²) in [6.07, 6.45) is 2.47. The van der Waals surface area contributed by atoms with Gasteiger partial charge in [-0.25, -0.2) is 4.98 Å². The molecule has 1 unspecified atom stereocenters. The summed E-state index contributed by atoms with van der Waals surface area (Å²) in [6, 6.07) is 13.2. The topological polar surface area (TPSA) is 60.5 Å². The fourth-order valence-corrected chi connectivity index (χ4v) is 2.24. The van der Waals surface area contributed by atoms with E-state index in [9.17, 15) is 4.79 Å². The van der Waals surface area contributed by atoms with Crippen molar-refractivity contribution in [1.82, 2.24) is 10.3 Å². The van der Waals surface area contributed by atoms with Gasteiger partial charge < -0.3 is 14.8 Å². The van der Waals surface area contributed by atoms with Gasteiger partial charge in [0.05, 0.1) is 18.8 Å². The molecule has 2 heterocycles. The van der Waals surface area contributed by atoms with E-state index in [4.69, 9.17) is 9.47 Å². The fraction of sp³-hybridized carbons (Fsp3) is 0.294. The average molecular weight is 298 g/mol. The molecule has 1 aromatic heterocycles. The molecular formula is C17H18N2O3. The zero-order valence-corrected chi connectivity index (χ0v) is 12.2. The van der Waals surface area contributed by atoms with Crippen molar-refractivity contribution in [3.63, 3.8) is 0 Å². The summed E-state index contributed by atoms with van der Waals surface area (Å²) in [5.74, 6) is 0.377. The lowest BCUT2D eigenvalue weighted by Crippen LogP contribution is -2.23. The highest BCUT2D eigenvalue weighted by atomic mass is 16.5. The van der Waals surface area contributed by atoms with E-state index in [0.717, 1.165) is 18.6 Å². The molecule has 5 heteroatoms. The number of nitrogens with one attached hydrogen (secondary N) is 1. The lowest BCUT2D eigenvalue weighted by molar-refractivity contribution is 0.0950. The van der Waals surface area contributed by atoms with Crippen LogP contribution in [0.4, 0.5) is 0 Å². The predicted molar refractivity (Wildman–Crippen MR) is 81.7 cm³/mol. The van der Waals surface area contributed by atoms with Crippen molar-refractivity contribution in [2.45, 2.75) is 19.1 Å². The van der Waals surface area contributed by atoms with Gasteiger partial charge in [-0.3, -0.25) is 4.79 Å². The number of carbonyl (C=O) groups is 1. The van der Waals surface area contributed by atoms with Crippen LogP contribution < -0.4 is 10.1 Å². The Morgan fingerprint density at radius 1 is 1.27 bits per heavy atom. The lowest BCUT2D eigenvalue weighted by atomic mass is 10.2. The first kappa shape index (κ1) is 14.5. The number of ether oxygens (including phenoxy) is 2. The molecule has 1 aliphatic rings. The number of amides is 1. The Hall–Kier alpha value is -2.40. The van der Waals surface area contributed by atoms with Gasteiger partial charge in [0, 0.05) is 25.2 Å². The molecule has 1 atom stereocenters. The van der Waals surface area contributed by atoms with Gasteiger partial charge in [-0.2, -0.15) is 0 Å². The van der Waals surface area contributed by atoms with Gasteiger partial charge in [0.25, 0.3) is 5.91 Å². The smallest absolute Gasteiger partial charge is 0.253 e. The van der Waals surface area contributed by atoms with Crippen LogP contribution in [0.2, 0.25) is 0 Å². The van der Waals surface area contributed by atoms with Crippen molar-refractivity contribution in [1.29, 1.82) is 0 Å². The molecule has 3 rings (SSSR count). The number of carbonyl (C=O) groups excluding carboxylic acids is 1. The van der Waals surface area contributed by atoms with Crippen molar-refractivity contribution < 1.29 is 14.3 Å². The third kappa shape index (κ3) is 3.83. The molecule has 1 fully saturated rings. The first-order valence-electron chi connectivity index (χ1n) is 7.34. The van der Waals surface area contributed by atoms with Crippen molar-refractivity contribution in [3.8, 4) is 5.88 Å². The second kappa shape index (κ2) is 7.04. The number of pyridine rings is 1. The number of hydrogen-bond donors (Lipinski definition) is 1. The second-order valence-corrected chi connectivity index (χ2v) is 5.16. The predicted octanol–water partition coefficient (Wildman–Crippen LogP) is 2.18. The molecule has 5 nitrogen and oxygen atoms in total. The summed E-state index contributed by atoms with van der Waals surface area (Å²) < 4.78 is 10.9. The van der Waals surface area contributed by atoms with E-state index in [1.807, 2.05) is 30.3 Å². The summed E-state index contributed by atoms with van der Waals surface area (Å²) in [6.45, 7) is 1.82. The van der Waals surface area contributed by atoms with Crippen molar-refractivity contribution >= 4 is 5.91 Å². The lowest BCUT2D eigenvalue weighted by Gasteiger charge is -2.11. The largest absolute Gasteiger partial charge is 0.472 e. The van der Waals surface area contributed by atoms with E-state index in [1.165, 1.54) is 6.20 Å². The molecule has 1 amide bonds. The van der Waals surface area contributed by atoms with Gasteiger partial charge in [0.1, 0.15) is 6.10 Å². The van der Waals surface area contributed by atoms with Crippen LogP contribution in [0.25, 0.3) is 0 Å². The number of nitrogens with zero attached hydrogens (tertiary/aromatic N) is 1. The van der Waals surface area contributed by atoms with Crippen LogP contribution in [0.3, 0.4) is 0 Å². The van der Waals surface area contributed by atoms with Gasteiger partial charge in [0.15, 0.2) is 0 Å². The highest BCUT2D eigenvalue weighted by Crippen LogP contribution is 2.14. The standard InChI is InChI=1S/C17H18N2O3/c20-17(19-10-13-4-2-1-3-5-13)14-6-7-16(18-11-14)22-15-8-9-21-12-15/h1-7,11,15H,8-10,12H2,(H,19,20). The fourth-order valence-electron chi connectivity index (χ4n) is 2.24. The normalized spacial score (nSPS) is 17.2. The van der Waals surface area contributed by atoms with E-state index in [-0.39, 0.29) is 12.0 Å². The molecule has 1 aliphatic heterocycles. The Bertz CT molecular complexity index is 608. The van der Waals surface area contributed by atoms with Crippen LogP contribution in [0, 0.1) is 0 Å². The molecule has 0 spiro atoms. The van der Waals surface area contributed by atoms with Gasteiger partial charge in [0.2, 0.25) is 5.88 Å². The second-order valence-electron chi connectivity index (χ2n) is 5.16. The first-order valence-corrected chi connectivity index (χ1v) is 7.34. The third-order valence-corrected chi connectivity index (χ3v) is 3.47. The number of aromatic nitrogens is 1. The maximum absolute atomic E-state index is 12.1. The molecule has 22 heavy (non-hydrogen) atoms. The van der Waals surface area contributed by atoms with E-state index in [0.29, 0.717) is 24.6 Å². The van der Waals surface area contributed by atoms with E-state index < -0.39 is 0 Å². The molecule has 1 N–H and O–H groups in total. The monoisotopic (exact) mass is 298 g/mol. The summed E-state index contributed by atoms with van der Waals surface area (Å²) in [7, 11) is 0. The number of hydrogen-bond acceptors (Lipinski definition) is 4. The SMILES string of the molecule is O=C(NCc1ccccc1)c1ccc(OC2CCOC2)nc1. The summed E-state index contributed by atoms with van der Waals surface area (Å²) in [4.78, 5) is 16.2. The van der Waals surface area contributed by atoms with Crippen molar-refractivity contribution in [2.24, 2.45) is 0 Å². The Morgan fingerprint density at radius 3 is 2.82 bits per heavy atom. The van der Waals surface area contributed by atoms with Gasteiger partial charge in [-0.15, -0.1) is 0 Å². The van der Waals surface area contributed by atoms with Crippen molar-refractivity contribution in [3.05, 3.63) is 59.8 Å². The van der Waals surface area contributed by atoms with Crippen molar-refractivity contribution in [2.75, 3.05) is 13.2 Å². The van der Waals surface area contributed by atoms with Gasteiger partial charge >= 0.3 is 0 Å². The quantitative estimate of drug-likeness (QED) is 0.919. The molecule has 1 saturated heterocycles. The van der Waals surface area contributed by atoms with Crippen LogP contribution in [-0.4, -0.2) is 30.2 Å². The average Bonchev–Trinajstić information content (AvgIpc) is 3.07. The van der Waals surface area contributed by atoms with Crippen LogP contribution in [0.15, 0.2) is 48.7 Å². The van der Waals surface area contributed by atoms with Gasteiger partial charge in [-0.1, -0.05) is 30.3 Å². The minimum Gasteiger partial charge on any atom is -0.472 e. The van der Waals surface area contributed by atoms with Crippen LogP contribution in [-0.2, 0) is 11.3 Å². The first-order chi connectivity index (χ1) is 10.8. The highest BCUT2D eigenvalue weighted by molar-refractivity contribution is 5.93. The molecule has 0 saturated carbocycles. The zero-order chi connectivity index (χ0) is 15.2. The molecule has 2 aromatic rings. The Kier molecular flexibility index (Phi) is 4.65. The van der Waals surface area contributed by atoms with Crippen LogP contribution in [0.1, 0.15) is 22.3 Å². The summed E-state index contributed by atoms with van der Waals surface area (Å²) >= 11 is 0. The summed E-state index contributed by atoms with van der Waals surface area (Å²) in [5.41, 5.74) is 1.58. The van der Waals surface area contributed by atoms with Gasteiger partial charge in [-0.05, 0) is 11.6 Å². The van der Waals surface area contributed by atoms with Crippen LogP contribution in [0.5, 0.6) is 5.88 Å². The highest BCUT2D eigenvalue weighted by Gasteiger charge is 2.17. The Morgan fingerprint density at radius 2 is 2.14 bits per heavy atom. The maximum atomic E-state index is 12.1. The maximum Gasteiger partial charge on any atom is 0.253 e. The van der Waals surface area contributed by atoms with E-state index >= 15 is 0 Å². The molecule has 0 radical (unpaired) electrons. The van der Waals surface area contributed by atoms with Crippen LogP contribution >= 0.6 is 0 Å². The Balaban J connectivity index is 1.54. The third-order valence-electron chi connectivity index (χ3n) is 3.47. The number of benzene rings is 1.